The molecule has 0 saturated carbocycles. The Morgan fingerprint density at radius 1 is 1.39 bits per heavy atom. The molecule has 2 rings (SSSR count). The smallest absolute Gasteiger partial charge is 0.232 e. The highest BCUT2D eigenvalue weighted by molar-refractivity contribution is 7.73. The molecule has 4 nitrogen and oxygen atoms in total. The summed E-state index contributed by atoms with van der Waals surface area (Å²) in [5, 5.41) is 18.8. The van der Waals surface area contributed by atoms with E-state index in [9.17, 15) is 5.11 Å². The van der Waals surface area contributed by atoms with Gasteiger partial charge in [-0.25, -0.2) is 0 Å². The molecule has 0 saturated heterocycles. The van der Waals surface area contributed by atoms with Crippen molar-refractivity contribution in [3.05, 3.63) is 33.2 Å². The fourth-order valence-corrected chi connectivity index (χ4v) is 2.76. The van der Waals surface area contributed by atoms with Crippen LogP contribution in [0.3, 0.4) is 0 Å². The average molecular weight is 300 g/mol. The first-order chi connectivity index (χ1) is 8.63. The van der Waals surface area contributed by atoms with Gasteiger partial charge in [0.25, 0.3) is 0 Å². The summed E-state index contributed by atoms with van der Waals surface area (Å²) in [5.74, 6) is 0.0447. The molecule has 18 heavy (non-hydrogen) atoms. The zero-order valence-electron chi connectivity index (χ0n) is 9.50. The summed E-state index contributed by atoms with van der Waals surface area (Å²) in [6.07, 6.45) is 0. The monoisotopic (exact) mass is 299 g/mol. The summed E-state index contributed by atoms with van der Waals surface area (Å²) in [7, 11) is 0. The van der Waals surface area contributed by atoms with Crippen molar-refractivity contribution in [3.63, 3.8) is 0 Å². The van der Waals surface area contributed by atoms with E-state index in [1.165, 1.54) is 11.3 Å². The standard InChI is InChI=1S/C11H10ClN3OS2/c1-2-15-10(16)9(18-11(15)17)14-13-8-6-4-3-5-7(8)12/h3-6,16H,2H2,1H3. The third-order valence-electron chi connectivity index (χ3n) is 2.27. The topological polar surface area (TPSA) is 49.9 Å². The van der Waals surface area contributed by atoms with Gasteiger partial charge in [0.1, 0.15) is 5.69 Å². The van der Waals surface area contributed by atoms with Gasteiger partial charge in [0.2, 0.25) is 10.9 Å². The molecule has 0 atom stereocenters. The molecule has 0 aliphatic carbocycles. The molecule has 0 spiro atoms. The molecule has 94 valence electrons. The lowest BCUT2D eigenvalue weighted by molar-refractivity contribution is 0.421. The highest BCUT2D eigenvalue weighted by atomic mass is 35.5. The molecule has 0 bridgehead atoms. The maximum absolute atomic E-state index is 9.88. The van der Waals surface area contributed by atoms with E-state index in [1.807, 2.05) is 19.1 Å². The number of halogens is 1. The van der Waals surface area contributed by atoms with Crippen LogP contribution in [0.1, 0.15) is 6.92 Å². The van der Waals surface area contributed by atoms with E-state index in [0.717, 1.165) is 0 Å². The van der Waals surface area contributed by atoms with Crippen LogP contribution in [-0.2, 0) is 6.54 Å². The van der Waals surface area contributed by atoms with Crippen LogP contribution in [0.4, 0.5) is 10.7 Å². The van der Waals surface area contributed by atoms with Crippen molar-refractivity contribution < 1.29 is 5.11 Å². The van der Waals surface area contributed by atoms with Crippen LogP contribution >= 0.6 is 35.2 Å². The maximum atomic E-state index is 9.88. The third-order valence-corrected chi connectivity index (χ3v) is 3.91. The number of benzene rings is 1. The highest BCUT2D eigenvalue weighted by Gasteiger charge is 2.09. The van der Waals surface area contributed by atoms with Gasteiger partial charge in [-0.15, -0.1) is 10.2 Å². The number of aromatic nitrogens is 1. The molecule has 1 aromatic heterocycles. The summed E-state index contributed by atoms with van der Waals surface area (Å²) in [6.45, 7) is 2.50. The fraction of sp³-hybridized carbons (Fsp3) is 0.182. The van der Waals surface area contributed by atoms with Gasteiger partial charge in [-0.3, -0.25) is 4.57 Å². The number of hydrogen-bond acceptors (Lipinski definition) is 5. The van der Waals surface area contributed by atoms with Crippen molar-refractivity contribution in [1.82, 2.24) is 4.57 Å². The SMILES string of the molecule is CCn1c(O)c(N=Nc2ccccc2Cl)sc1=S. The van der Waals surface area contributed by atoms with Crippen molar-refractivity contribution >= 4 is 45.8 Å². The molecule has 7 heteroatoms. The van der Waals surface area contributed by atoms with Gasteiger partial charge >= 0.3 is 0 Å². The van der Waals surface area contributed by atoms with E-state index in [0.29, 0.717) is 26.2 Å². The summed E-state index contributed by atoms with van der Waals surface area (Å²) in [4.78, 5) is 0. The molecule has 1 aromatic carbocycles. The molecule has 0 amide bonds. The van der Waals surface area contributed by atoms with Crippen LogP contribution in [0, 0.1) is 3.95 Å². The molecular formula is C11H10ClN3OS2. The van der Waals surface area contributed by atoms with Crippen molar-refractivity contribution in [2.45, 2.75) is 13.5 Å². The lowest BCUT2D eigenvalue weighted by Gasteiger charge is -1.97. The molecule has 0 aliphatic heterocycles. The average Bonchev–Trinajstić information content (AvgIpc) is 2.63. The minimum Gasteiger partial charge on any atom is -0.492 e. The maximum Gasteiger partial charge on any atom is 0.232 e. The van der Waals surface area contributed by atoms with E-state index in [2.05, 4.69) is 10.2 Å². The van der Waals surface area contributed by atoms with E-state index in [4.69, 9.17) is 23.8 Å². The van der Waals surface area contributed by atoms with Crippen LogP contribution in [0.5, 0.6) is 5.88 Å². The number of azo groups is 1. The number of rotatable bonds is 3. The minimum absolute atomic E-state index is 0.0447. The van der Waals surface area contributed by atoms with E-state index in [1.54, 1.807) is 16.7 Å². The molecule has 0 unspecified atom stereocenters. The molecule has 1 N–H and O–H groups in total. The summed E-state index contributed by atoms with van der Waals surface area (Å²) in [6, 6.07) is 7.11. The van der Waals surface area contributed by atoms with Crippen molar-refractivity contribution in [2.75, 3.05) is 0 Å². The van der Waals surface area contributed by atoms with Gasteiger partial charge in [0.15, 0.2) is 3.95 Å². The molecule has 0 radical (unpaired) electrons. The molecule has 0 fully saturated rings. The van der Waals surface area contributed by atoms with Gasteiger partial charge in [-0.1, -0.05) is 35.1 Å². The normalized spacial score (nSPS) is 11.2. The Balaban J connectivity index is 2.36. The van der Waals surface area contributed by atoms with Gasteiger partial charge in [0.05, 0.1) is 5.02 Å². The van der Waals surface area contributed by atoms with E-state index >= 15 is 0 Å². The first-order valence-corrected chi connectivity index (χ1v) is 6.82. The second kappa shape index (κ2) is 5.60. The van der Waals surface area contributed by atoms with Gasteiger partial charge in [0, 0.05) is 6.54 Å². The van der Waals surface area contributed by atoms with Crippen molar-refractivity contribution in [3.8, 4) is 5.88 Å². The molecule has 2 aromatic rings. The highest BCUT2D eigenvalue weighted by Crippen LogP contribution is 2.36. The predicted molar refractivity (Wildman–Crippen MR) is 76.1 cm³/mol. The zero-order valence-corrected chi connectivity index (χ0v) is 11.9. The Labute approximate surface area is 118 Å². The van der Waals surface area contributed by atoms with E-state index in [-0.39, 0.29) is 5.88 Å². The first-order valence-electron chi connectivity index (χ1n) is 5.22. The third kappa shape index (κ3) is 2.60. The lowest BCUT2D eigenvalue weighted by atomic mass is 10.3. The zero-order chi connectivity index (χ0) is 13.1. The Kier molecular flexibility index (Phi) is 4.11. The Bertz CT molecular complexity index is 648. The molecule has 0 aliphatic rings. The van der Waals surface area contributed by atoms with Crippen LogP contribution < -0.4 is 0 Å². The Hall–Kier alpha value is -1.24. The molecule has 1 heterocycles. The number of hydrogen-bond donors (Lipinski definition) is 1. The van der Waals surface area contributed by atoms with Gasteiger partial charge < -0.3 is 5.11 Å². The second-order valence-corrected chi connectivity index (χ2v) is 5.42. The fourth-order valence-electron chi connectivity index (χ4n) is 1.36. The van der Waals surface area contributed by atoms with Crippen LogP contribution in [-0.4, -0.2) is 9.67 Å². The number of thiazole rings is 1. The van der Waals surface area contributed by atoms with Gasteiger partial charge in [-0.05, 0) is 31.3 Å². The van der Waals surface area contributed by atoms with Crippen LogP contribution in [0.15, 0.2) is 34.5 Å². The van der Waals surface area contributed by atoms with E-state index < -0.39 is 0 Å². The van der Waals surface area contributed by atoms with Crippen LogP contribution in [0.2, 0.25) is 5.02 Å². The summed E-state index contributed by atoms with van der Waals surface area (Å²) < 4.78 is 2.17. The van der Waals surface area contributed by atoms with Crippen molar-refractivity contribution in [1.29, 1.82) is 0 Å². The van der Waals surface area contributed by atoms with Crippen LogP contribution in [0.25, 0.3) is 0 Å². The largest absolute Gasteiger partial charge is 0.492 e. The molecular weight excluding hydrogens is 290 g/mol. The summed E-state index contributed by atoms with van der Waals surface area (Å²) >= 11 is 12.3. The Morgan fingerprint density at radius 2 is 2.11 bits per heavy atom. The number of aromatic hydroxyl groups is 1. The minimum atomic E-state index is 0.0447. The number of nitrogens with zero attached hydrogens (tertiary/aromatic N) is 3. The Morgan fingerprint density at radius 3 is 2.72 bits per heavy atom. The second-order valence-electron chi connectivity index (χ2n) is 3.39. The quantitative estimate of drug-likeness (QED) is 0.635. The van der Waals surface area contributed by atoms with Crippen molar-refractivity contribution in [2.24, 2.45) is 10.2 Å². The lowest BCUT2D eigenvalue weighted by Crippen LogP contribution is -1.90. The first kappa shape index (κ1) is 13.2. The van der Waals surface area contributed by atoms with Gasteiger partial charge in [-0.2, -0.15) is 0 Å². The predicted octanol–water partition coefficient (Wildman–Crippen LogP) is 5.07. The summed E-state index contributed by atoms with van der Waals surface area (Å²) in [5.41, 5.74) is 0.556.